The molecule has 0 spiro atoms. The standard InChI is InChI=1S/C30H22O3/c1-32-23-13-21-11-18-7-3-4-8-19(18)15-26(21)27(16-23)28-17-24(33-2)14-22-12-20-9-5-6-10-25(20)30(31)29(22)28/h3-11,13-17H,12H2,1-2H3. The summed E-state index contributed by atoms with van der Waals surface area (Å²) in [6.45, 7) is 0. The van der Waals surface area contributed by atoms with Gasteiger partial charge in [0, 0.05) is 11.1 Å². The minimum absolute atomic E-state index is 0.0567. The fraction of sp³-hybridized carbons (Fsp3) is 0.100. The Hall–Kier alpha value is -4.11. The molecular weight excluding hydrogens is 408 g/mol. The van der Waals surface area contributed by atoms with Gasteiger partial charge in [0.05, 0.1) is 14.2 Å². The van der Waals surface area contributed by atoms with Crippen molar-refractivity contribution in [3.8, 4) is 22.6 Å². The molecule has 0 aliphatic heterocycles. The number of rotatable bonds is 3. The minimum atomic E-state index is 0.0567. The van der Waals surface area contributed by atoms with Crippen LogP contribution in [0.25, 0.3) is 32.7 Å². The monoisotopic (exact) mass is 430 g/mol. The number of benzene rings is 5. The molecule has 33 heavy (non-hydrogen) atoms. The largest absolute Gasteiger partial charge is 0.497 e. The summed E-state index contributed by atoms with van der Waals surface area (Å²) in [6, 6.07) is 28.6. The van der Waals surface area contributed by atoms with E-state index >= 15 is 0 Å². The molecule has 0 bridgehead atoms. The lowest BCUT2D eigenvalue weighted by molar-refractivity contribution is 0.103. The molecule has 3 nitrogen and oxygen atoms in total. The average molecular weight is 431 g/mol. The highest BCUT2D eigenvalue weighted by molar-refractivity contribution is 6.18. The fourth-order valence-electron chi connectivity index (χ4n) is 5.01. The Kier molecular flexibility index (Phi) is 4.44. The summed E-state index contributed by atoms with van der Waals surface area (Å²) >= 11 is 0. The summed E-state index contributed by atoms with van der Waals surface area (Å²) in [5.74, 6) is 1.56. The highest BCUT2D eigenvalue weighted by Crippen LogP contribution is 2.42. The SMILES string of the molecule is COc1cc2c(c(-c3cc(OC)cc4cc5ccccc5cc34)c1)C(=O)c1ccccc1C2. The Morgan fingerprint density at radius 1 is 0.606 bits per heavy atom. The minimum Gasteiger partial charge on any atom is -0.497 e. The van der Waals surface area contributed by atoms with E-state index in [4.69, 9.17) is 9.47 Å². The number of ether oxygens (including phenoxy) is 2. The van der Waals surface area contributed by atoms with Crippen molar-refractivity contribution >= 4 is 27.3 Å². The van der Waals surface area contributed by atoms with Crippen LogP contribution < -0.4 is 9.47 Å². The van der Waals surface area contributed by atoms with Crippen molar-refractivity contribution in [1.82, 2.24) is 0 Å². The van der Waals surface area contributed by atoms with Crippen LogP contribution in [0.5, 0.6) is 11.5 Å². The van der Waals surface area contributed by atoms with Gasteiger partial charge in [-0.2, -0.15) is 0 Å². The summed E-state index contributed by atoms with van der Waals surface area (Å²) in [4.78, 5) is 13.7. The smallest absolute Gasteiger partial charge is 0.194 e. The van der Waals surface area contributed by atoms with Crippen LogP contribution >= 0.6 is 0 Å². The fourth-order valence-corrected chi connectivity index (χ4v) is 5.01. The zero-order chi connectivity index (χ0) is 22.5. The molecule has 1 aliphatic rings. The number of hydrogen-bond donors (Lipinski definition) is 0. The summed E-state index contributed by atoms with van der Waals surface area (Å²) in [6.07, 6.45) is 0.701. The number of ketones is 1. The van der Waals surface area contributed by atoms with Crippen molar-refractivity contribution in [2.75, 3.05) is 14.2 Å². The maximum Gasteiger partial charge on any atom is 0.194 e. The normalized spacial score (nSPS) is 12.5. The lowest BCUT2D eigenvalue weighted by Gasteiger charge is -2.23. The van der Waals surface area contributed by atoms with E-state index in [-0.39, 0.29) is 5.78 Å². The highest BCUT2D eigenvalue weighted by Gasteiger charge is 2.28. The third-order valence-electron chi connectivity index (χ3n) is 6.62. The highest BCUT2D eigenvalue weighted by atomic mass is 16.5. The van der Waals surface area contributed by atoms with Crippen LogP contribution in [0.15, 0.2) is 84.9 Å². The topological polar surface area (TPSA) is 35.5 Å². The first-order valence-corrected chi connectivity index (χ1v) is 11.0. The number of carbonyl (C=O) groups is 1. The molecule has 6 rings (SSSR count). The average Bonchev–Trinajstić information content (AvgIpc) is 2.86. The van der Waals surface area contributed by atoms with E-state index in [1.54, 1.807) is 14.2 Å². The lowest BCUT2D eigenvalue weighted by atomic mass is 9.80. The molecule has 0 aromatic heterocycles. The van der Waals surface area contributed by atoms with E-state index in [0.29, 0.717) is 6.42 Å². The Morgan fingerprint density at radius 2 is 1.27 bits per heavy atom. The van der Waals surface area contributed by atoms with Crippen LogP contribution in [0, 0.1) is 0 Å². The second-order valence-corrected chi connectivity index (χ2v) is 8.47. The predicted molar refractivity (Wildman–Crippen MR) is 133 cm³/mol. The van der Waals surface area contributed by atoms with Gasteiger partial charge in [0.15, 0.2) is 5.78 Å². The number of methoxy groups -OCH3 is 2. The molecule has 0 N–H and O–H groups in total. The van der Waals surface area contributed by atoms with Gasteiger partial charge in [0.25, 0.3) is 0 Å². The van der Waals surface area contributed by atoms with Gasteiger partial charge in [0.2, 0.25) is 0 Å². The van der Waals surface area contributed by atoms with Gasteiger partial charge in [-0.3, -0.25) is 4.79 Å². The van der Waals surface area contributed by atoms with E-state index in [1.807, 2.05) is 54.6 Å². The molecule has 1 aliphatic carbocycles. The van der Waals surface area contributed by atoms with Gasteiger partial charge in [-0.25, -0.2) is 0 Å². The van der Waals surface area contributed by atoms with Crippen LogP contribution in [-0.4, -0.2) is 20.0 Å². The summed E-state index contributed by atoms with van der Waals surface area (Å²) in [5.41, 5.74) is 5.41. The molecule has 0 atom stereocenters. The lowest BCUT2D eigenvalue weighted by Crippen LogP contribution is -2.16. The predicted octanol–water partition coefficient (Wildman–Crippen LogP) is 6.81. The number of carbonyl (C=O) groups excluding carboxylic acids is 1. The number of hydrogen-bond acceptors (Lipinski definition) is 3. The molecule has 5 aromatic carbocycles. The van der Waals surface area contributed by atoms with Crippen molar-refractivity contribution in [1.29, 1.82) is 0 Å². The van der Waals surface area contributed by atoms with Crippen LogP contribution in [0.2, 0.25) is 0 Å². The van der Waals surface area contributed by atoms with Gasteiger partial charge < -0.3 is 9.47 Å². The van der Waals surface area contributed by atoms with Crippen LogP contribution in [-0.2, 0) is 6.42 Å². The van der Waals surface area contributed by atoms with Crippen molar-refractivity contribution in [2.45, 2.75) is 6.42 Å². The zero-order valence-electron chi connectivity index (χ0n) is 18.5. The first-order chi connectivity index (χ1) is 16.2. The molecule has 0 unspecified atom stereocenters. The molecule has 0 saturated carbocycles. The van der Waals surface area contributed by atoms with Crippen LogP contribution in [0.3, 0.4) is 0 Å². The Bertz CT molecular complexity index is 1580. The van der Waals surface area contributed by atoms with Gasteiger partial charge in [-0.05, 0) is 86.6 Å². The second kappa shape index (κ2) is 7.49. The van der Waals surface area contributed by atoms with Crippen molar-refractivity contribution < 1.29 is 14.3 Å². The molecule has 3 heteroatoms. The first kappa shape index (κ1) is 19.6. The number of fused-ring (bicyclic) bond motifs is 4. The molecule has 0 heterocycles. The van der Waals surface area contributed by atoms with Gasteiger partial charge in [0.1, 0.15) is 11.5 Å². The van der Waals surface area contributed by atoms with E-state index in [0.717, 1.165) is 61.0 Å². The Balaban J connectivity index is 1.70. The molecule has 0 radical (unpaired) electrons. The van der Waals surface area contributed by atoms with Gasteiger partial charge >= 0.3 is 0 Å². The molecule has 0 amide bonds. The summed E-state index contributed by atoms with van der Waals surface area (Å²) < 4.78 is 11.3. The van der Waals surface area contributed by atoms with Crippen molar-refractivity contribution in [2.24, 2.45) is 0 Å². The van der Waals surface area contributed by atoms with Crippen molar-refractivity contribution in [3.63, 3.8) is 0 Å². The molecule has 0 fully saturated rings. The zero-order valence-corrected chi connectivity index (χ0v) is 18.5. The van der Waals surface area contributed by atoms with Crippen LogP contribution in [0.4, 0.5) is 0 Å². The van der Waals surface area contributed by atoms with E-state index in [1.165, 1.54) is 5.39 Å². The van der Waals surface area contributed by atoms with Crippen molar-refractivity contribution in [3.05, 3.63) is 107 Å². The molecule has 0 saturated heterocycles. The van der Waals surface area contributed by atoms with Gasteiger partial charge in [-0.1, -0.05) is 48.5 Å². The van der Waals surface area contributed by atoms with E-state index in [9.17, 15) is 4.79 Å². The third-order valence-corrected chi connectivity index (χ3v) is 6.62. The van der Waals surface area contributed by atoms with Gasteiger partial charge in [-0.15, -0.1) is 0 Å². The first-order valence-electron chi connectivity index (χ1n) is 11.0. The summed E-state index contributed by atoms with van der Waals surface area (Å²) in [7, 11) is 3.34. The van der Waals surface area contributed by atoms with E-state index in [2.05, 4.69) is 30.3 Å². The Labute approximate surface area is 192 Å². The Morgan fingerprint density at radius 3 is 2.06 bits per heavy atom. The maximum atomic E-state index is 13.7. The quantitative estimate of drug-likeness (QED) is 0.289. The third kappa shape index (κ3) is 3.08. The van der Waals surface area contributed by atoms with E-state index < -0.39 is 0 Å². The van der Waals surface area contributed by atoms with Crippen LogP contribution in [0.1, 0.15) is 27.0 Å². The second-order valence-electron chi connectivity index (χ2n) is 8.47. The summed E-state index contributed by atoms with van der Waals surface area (Å²) in [5, 5.41) is 4.48. The molecule has 160 valence electrons. The molecule has 5 aromatic rings. The maximum absolute atomic E-state index is 13.7. The molecular formula is C30H22O3.